The summed E-state index contributed by atoms with van der Waals surface area (Å²) in [6, 6.07) is 4.95. The number of anilines is 1. The van der Waals surface area contributed by atoms with Gasteiger partial charge < -0.3 is 0 Å². The van der Waals surface area contributed by atoms with E-state index in [0.717, 1.165) is 11.8 Å². The van der Waals surface area contributed by atoms with Gasteiger partial charge in [-0.2, -0.15) is 10.4 Å². The third-order valence-electron chi connectivity index (χ3n) is 4.01. The summed E-state index contributed by atoms with van der Waals surface area (Å²) >= 11 is 13.8. The molecule has 1 aromatic carbocycles. The highest BCUT2D eigenvalue weighted by molar-refractivity contribution is 7.99. The van der Waals surface area contributed by atoms with Gasteiger partial charge in [-0.25, -0.2) is 20.3 Å². The predicted molar refractivity (Wildman–Crippen MR) is 119 cm³/mol. The van der Waals surface area contributed by atoms with Crippen LogP contribution in [0.5, 0.6) is 0 Å². The highest BCUT2D eigenvalue weighted by Gasteiger charge is 2.20. The van der Waals surface area contributed by atoms with Crippen LogP contribution in [-0.2, 0) is 11.8 Å². The molecule has 162 valence electrons. The molecule has 0 fully saturated rings. The molecular formula is C19H18Cl2N6O3S. The van der Waals surface area contributed by atoms with Crippen LogP contribution in [0, 0.1) is 11.3 Å². The number of carbonyl (C=O) groups excluding carboxylic acids is 2. The van der Waals surface area contributed by atoms with Crippen molar-refractivity contribution in [1.29, 1.82) is 5.26 Å². The molecule has 0 atom stereocenters. The van der Waals surface area contributed by atoms with E-state index in [1.165, 1.54) is 22.9 Å². The van der Waals surface area contributed by atoms with Crippen molar-refractivity contribution in [3.8, 4) is 6.07 Å². The van der Waals surface area contributed by atoms with Crippen molar-refractivity contribution in [3.05, 3.63) is 56.3 Å². The minimum Gasteiger partial charge on any atom is -0.272 e. The fourth-order valence-corrected chi connectivity index (χ4v) is 3.93. The second-order valence-electron chi connectivity index (χ2n) is 6.58. The number of rotatable bonds is 5. The molecule has 12 heteroatoms. The molecule has 0 bridgehead atoms. The molecule has 0 saturated heterocycles. The number of nitrogens with one attached hydrogen (secondary N) is 1. The number of hydrogen-bond donors (Lipinski definition) is 2. The van der Waals surface area contributed by atoms with Crippen molar-refractivity contribution in [2.24, 2.45) is 12.9 Å². The van der Waals surface area contributed by atoms with Gasteiger partial charge in [-0.3, -0.25) is 14.9 Å². The smallest absolute Gasteiger partial charge is 0.272 e. The summed E-state index contributed by atoms with van der Waals surface area (Å²) in [5.41, 5.74) is 0.0567. The molecule has 3 amide bonds. The van der Waals surface area contributed by atoms with Crippen molar-refractivity contribution >= 4 is 52.6 Å². The summed E-state index contributed by atoms with van der Waals surface area (Å²) in [4.78, 5) is 36.4. The maximum absolute atomic E-state index is 12.2. The predicted octanol–water partition coefficient (Wildman–Crippen LogP) is 3.36. The van der Waals surface area contributed by atoms with Crippen LogP contribution in [-0.4, -0.2) is 21.7 Å². The van der Waals surface area contributed by atoms with E-state index < -0.39 is 17.5 Å². The Labute approximate surface area is 192 Å². The zero-order valence-corrected chi connectivity index (χ0v) is 19.1. The first-order valence-corrected chi connectivity index (χ1v) is 10.3. The Morgan fingerprint density at radius 2 is 1.90 bits per heavy atom. The van der Waals surface area contributed by atoms with E-state index in [1.54, 1.807) is 13.1 Å². The average Bonchev–Trinajstić information content (AvgIpc) is 2.71. The van der Waals surface area contributed by atoms with Gasteiger partial charge in [0, 0.05) is 12.6 Å². The van der Waals surface area contributed by atoms with Crippen molar-refractivity contribution in [3.63, 3.8) is 0 Å². The standard InChI is InChI=1S/C19H18Cl2N6O3S/c1-9(2)12-7-15(25-26(4)18(12)29)31-16-13(20)5-11(6-14(16)21)27(23)19(30)24-17(28)10(3)8-22/h5-7,9H,3,23H2,1-2,4H3,(H,24,28,30). The van der Waals surface area contributed by atoms with Gasteiger partial charge in [0.1, 0.15) is 16.7 Å². The highest BCUT2D eigenvalue weighted by Crippen LogP contribution is 2.40. The van der Waals surface area contributed by atoms with E-state index in [0.29, 0.717) is 20.5 Å². The zero-order chi connectivity index (χ0) is 23.5. The highest BCUT2D eigenvalue weighted by atomic mass is 35.5. The number of aromatic nitrogens is 2. The second-order valence-corrected chi connectivity index (χ2v) is 8.43. The molecule has 2 rings (SSSR count). The number of aryl methyl sites for hydroxylation is 1. The van der Waals surface area contributed by atoms with Crippen LogP contribution in [0.3, 0.4) is 0 Å². The molecule has 1 aromatic heterocycles. The summed E-state index contributed by atoms with van der Waals surface area (Å²) in [5, 5.41) is 16.3. The lowest BCUT2D eigenvalue weighted by molar-refractivity contribution is -0.116. The zero-order valence-electron chi connectivity index (χ0n) is 16.8. The lowest BCUT2D eigenvalue weighted by Crippen LogP contribution is -2.47. The number of hydrazine groups is 1. The van der Waals surface area contributed by atoms with Gasteiger partial charge in [-0.1, -0.05) is 55.4 Å². The topological polar surface area (TPSA) is 134 Å². The molecule has 0 radical (unpaired) electrons. The largest absolute Gasteiger partial charge is 0.343 e. The fourth-order valence-electron chi connectivity index (χ4n) is 2.36. The fraction of sp³-hybridized carbons (Fsp3) is 0.211. The van der Waals surface area contributed by atoms with Crippen LogP contribution in [0.25, 0.3) is 0 Å². The molecule has 0 spiro atoms. The number of nitriles is 1. The number of imide groups is 1. The molecule has 0 aliphatic heterocycles. The van der Waals surface area contributed by atoms with Crippen LogP contribution in [0.1, 0.15) is 25.3 Å². The van der Waals surface area contributed by atoms with Crippen molar-refractivity contribution in [2.45, 2.75) is 29.7 Å². The monoisotopic (exact) mass is 480 g/mol. The summed E-state index contributed by atoms with van der Waals surface area (Å²) < 4.78 is 1.24. The molecule has 9 nitrogen and oxygen atoms in total. The molecule has 2 aromatic rings. The summed E-state index contributed by atoms with van der Waals surface area (Å²) in [6.07, 6.45) is 0. The molecule has 0 saturated carbocycles. The SMILES string of the molecule is C=C(C#N)C(=O)NC(=O)N(N)c1cc(Cl)c(Sc2cc(C(C)C)c(=O)n(C)n2)c(Cl)c1. The van der Waals surface area contributed by atoms with Gasteiger partial charge in [0.25, 0.3) is 11.5 Å². The van der Waals surface area contributed by atoms with Crippen LogP contribution in [0.15, 0.2) is 45.1 Å². The van der Waals surface area contributed by atoms with Gasteiger partial charge in [0.15, 0.2) is 0 Å². The molecule has 0 aliphatic carbocycles. The summed E-state index contributed by atoms with van der Waals surface area (Å²) in [7, 11) is 1.55. The van der Waals surface area contributed by atoms with Crippen molar-refractivity contribution in [1.82, 2.24) is 15.1 Å². The minimum absolute atomic E-state index is 0.00138. The first kappa shape index (κ1) is 24.4. The maximum Gasteiger partial charge on any atom is 0.343 e. The Morgan fingerprint density at radius 1 is 1.32 bits per heavy atom. The van der Waals surface area contributed by atoms with E-state index in [-0.39, 0.29) is 27.2 Å². The normalized spacial score (nSPS) is 10.5. The van der Waals surface area contributed by atoms with Gasteiger partial charge in [-0.15, -0.1) is 0 Å². The molecule has 1 heterocycles. The van der Waals surface area contributed by atoms with Crippen molar-refractivity contribution < 1.29 is 9.59 Å². The third-order valence-corrected chi connectivity index (χ3v) is 5.88. The third kappa shape index (κ3) is 5.65. The van der Waals surface area contributed by atoms with E-state index in [4.69, 9.17) is 34.3 Å². The van der Waals surface area contributed by atoms with E-state index in [1.807, 2.05) is 19.2 Å². The molecular weight excluding hydrogens is 463 g/mol. The van der Waals surface area contributed by atoms with Crippen LogP contribution in [0.2, 0.25) is 10.0 Å². The number of halogens is 2. The molecule has 3 N–H and O–H groups in total. The number of carbonyl (C=O) groups is 2. The lowest BCUT2D eigenvalue weighted by Gasteiger charge is -2.18. The molecule has 0 aliphatic rings. The summed E-state index contributed by atoms with van der Waals surface area (Å²) in [5.74, 6) is 4.76. The van der Waals surface area contributed by atoms with Crippen LogP contribution in [0.4, 0.5) is 10.5 Å². The quantitative estimate of drug-likeness (QED) is 0.220. The van der Waals surface area contributed by atoms with Gasteiger partial charge >= 0.3 is 6.03 Å². The van der Waals surface area contributed by atoms with Gasteiger partial charge in [0.2, 0.25) is 0 Å². The summed E-state index contributed by atoms with van der Waals surface area (Å²) in [6.45, 7) is 7.01. The lowest BCUT2D eigenvalue weighted by atomic mass is 10.1. The number of nitrogens with zero attached hydrogens (tertiary/aromatic N) is 4. The first-order valence-electron chi connectivity index (χ1n) is 8.70. The first-order chi connectivity index (χ1) is 14.5. The molecule has 0 unspecified atom stereocenters. The van der Waals surface area contributed by atoms with Crippen LogP contribution >= 0.6 is 35.0 Å². The van der Waals surface area contributed by atoms with Gasteiger partial charge in [0.05, 0.1) is 20.6 Å². The van der Waals surface area contributed by atoms with Gasteiger partial charge in [-0.05, 0) is 24.1 Å². The number of urea groups is 1. The number of hydrogen-bond acceptors (Lipinski definition) is 7. The number of amides is 3. The van der Waals surface area contributed by atoms with Crippen molar-refractivity contribution in [2.75, 3.05) is 5.01 Å². The Kier molecular flexibility index (Phi) is 7.86. The Morgan fingerprint density at radius 3 is 2.42 bits per heavy atom. The Bertz CT molecular complexity index is 1150. The second kappa shape index (κ2) is 9.98. The number of benzene rings is 1. The van der Waals surface area contributed by atoms with E-state index in [9.17, 15) is 14.4 Å². The molecule has 31 heavy (non-hydrogen) atoms. The van der Waals surface area contributed by atoms with Crippen LogP contribution < -0.4 is 21.7 Å². The van der Waals surface area contributed by atoms with E-state index in [2.05, 4.69) is 11.7 Å². The average molecular weight is 481 g/mol. The Hall–Kier alpha value is -2.84. The Balaban J connectivity index is 2.32. The van der Waals surface area contributed by atoms with E-state index >= 15 is 0 Å². The number of nitrogens with two attached hydrogens (primary N) is 1. The maximum atomic E-state index is 12.2. The minimum atomic E-state index is -1.00.